The van der Waals surface area contributed by atoms with Crippen molar-refractivity contribution in [2.24, 2.45) is 0 Å². The molecule has 0 spiro atoms. The highest BCUT2D eigenvalue weighted by Gasteiger charge is 2.06. The number of alkyl halides is 1. The first-order valence-corrected chi connectivity index (χ1v) is 8.21. The topological polar surface area (TPSA) is 43.6 Å². The Kier molecular flexibility index (Phi) is 4.62. The second kappa shape index (κ2) is 6.83. The van der Waals surface area contributed by atoms with Crippen LogP contribution < -0.4 is 0 Å². The number of halogens is 1. The van der Waals surface area contributed by atoms with Gasteiger partial charge in [0.05, 0.1) is 17.9 Å². The molecule has 3 rings (SSSR count). The quantitative estimate of drug-likeness (QED) is 0.652. The average molecular weight is 319 g/mol. The molecule has 0 atom stereocenters. The summed E-state index contributed by atoms with van der Waals surface area (Å²) in [4.78, 5) is 4.66. The van der Waals surface area contributed by atoms with Crippen molar-refractivity contribution >= 4 is 22.9 Å². The van der Waals surface area contributed by atoms with Crippen LogP contribution in [-0.4, -0.2) is 25.9 Å². The minimum atomic E-state index is 0.650. The van der Waals surface area contributed by atoms with Crippen LogP contribution >= 0.6 is 22.9 Å². The van der Waals surface area contributed by atoms with Gasteiger partial charge in [0, 0.05) is 23.0 Å². The summed E-state index contributed by atoms with van der Waals surface area (Å²) in [5.74, 6) is 0.652. The lowest BCUT2D eigenvalue weighted by molar-refractivity contribution is 0.641. The molecule has 2 heterocycles. The Morgan fingerprint density at radius 1 is 1.14 bits per heavy atom. The third-order valence-electron chi connectivity index (χ3n) is 3.05. The monoisotopic (exact) mass is 318 g/mol. The summed E-state index contributed by atoms with van der Waals surface area (Å²) in [5, 5.41) is 11.4. The van der Waals surface area contributed by atoms with E-state index >= 15 is 0 Å². The fourth-order valence-electron chi connectivity index (χ4n) is 2.04. The van der Waals surface area contributed by atoms with Crippen molar-refractivity contribution in [3.8, 4) is 10.6 Å². The fourth-order valence-corrected chi connectivity index (χ4v) is 2.99. The summed E-state index contributed by atoms with van der Waals surface area (Å²) < 4.78 is 1.83. The molecule has 0 unspecified atom stereocenters. The predicted octanol–water partition coefficient (Wildman–Crippen LogP) is 3.62. The van der Waals surface area contributed by atoms with E-state index in [1.165, 1.54) is 0 Å². The van der Waals surface area contributed by atoms with Crippen LogP contribution in [0.15, 0.2) is 41.9 Å². The molecule has 0 saturated carbocycles. The van der Waals surface area contributed by atoms with E-state index in [1.807, 2.05) is 29.1 Å². The Morgan fingerprint density at radius 2 is 2.00 bits per heavy atom. The van der Waals surface area contributed by atoms with Crippen LogP contribution in [-0.2, 0) is 13.0 Å². The molecule has 0 aliphatic carbocycles. The van der Waals surface area contributed by atoms with E-state index in [1.54, 1.807) is 11.3 Å². The van der Waals surface area contributed by atoms with E-state index in [-0.39, 0.29) is 0 Å². The van der Waals surface area contributed by atoms with Gasteiger partial charge in [-0.05, 0) is 12.8 Å². The van der Waals surface area contributed by atoms with E-state index in [2.05, 4.69) is 32.8 Å². The summed E-state index contributed by atoms with van der Waals surface area (Å²) >= 11 is 7.34. The maximum atomic E-state index is 5.69. The zero-order valence-electron chi connectivity index (χ0n) is 11.4. The molecule has 0 N–H and O–H groups in total. The lowest BCUT2D eigenvalue weighted by Gasteiger charge is -1.96. The van der Waals surface area contributed by atoms with E-state index in [0.29, 0.717) is 12.4 Å². The molecule has 108 valence electrons. The standard InChI is InChI=1S/C15H15ClN4S/c16-8-4-7-13-9-20(19-18-13)10-14-11-21-15(17-14)12-5-2-1-3-6-12/h1-3,5-6,9,11H,4,7-8,10H2. The smallest absolute Gasteiger partial charge is 0.123 e. The Bertz CT molecular complexity index is 693. The molecule has 4 nitrogen and oxygen atoms in total. The minimum Gasteiger partial charge on any atom is -0.246 e. The van der Waals surface area contributed by atoms with Crippen LogP contribution in [0, 0.1) is 0 Å². The van der Waals surface area contributed by atoms with Gasteiger partial charge in [-0.3, -0.25) is 0 Å². The molecule has 1 aromatic carbocycles. The number of rotatable bonds is 6. The number of hydrogen-bond acceptors (Lipinski definition) is 4. The van der Waals surface area contributed by atoms with Crippen LogP contribution in [0.25, 0.3) is 10.6 Å². The van der Waals surface area contributed by atoms with Gasteiger partial charge in [0.25, 0.3) is 0 Å². The summed E-state index contributed by atoms with van der Waals surface area (Å²) in [6, 6.07) is 10.2. The summed E-state index contributed by atoms with van der Waals surface area (Å²) in [6.07, 6.45) is 3.76. The number of hydrogen-bond donors (Lipinski definition) is 0. The van der Waals surface area contributed by atoms with E-state index < -0.39 is 0 Å². The van der Waals surface area contributed by atoms with Crippen molar-refractivity contribution in [1.82, 2.24) is 20.0 Å². The first-order valence-electron chi connectivity index (χ1n) is 6.80. The predicted molar refractivity (Wildman–Crippen MR) is 85.7 cm³/mol. The number of aromatic nitrogens is 4. The van der Waals surface area contributed by atoms with Crippen molar-refractivity contribution in [1.29, 1.82) is 0 Å². The number of aryl methyl sites for hydroxylation is 1. The summed E-state index contributed by atoms with van der Waals surface area (Å²) in [5.41, 5.74) is 3.14. The first-order chi connectivity index (χ1) is 10.3. The molecule has 0 aliphatic heterocycles. The Labute approximate surface area is 132 Å². The number of thiazole rings is 1. The number of nitrogens with zero attached hydrogens (tertiary/aromatic N) is 4. The van der Waals surface area contributed by atoms with Crippen molar-refractivity contribution in [3.63, 3.8) is 0 Å². The molecular weight excluding hydrogens is 304 g/mol. The van der Waals surface area contributed by atoms with Gasteiger partial charge >= 0.3 is 0 Å². The molecule has 0 amide bonds. The second-order valence-corrected chi connectivity index (χ2v) is 5.95. The molecule has 0 fully saturated rings. The van der Waals surface area contributed by atoms with Crippen LogP contribution in [0.3, 0.4) is 0 Å². The van der Waals surface area contributed by atoms with Crippen molar-refractivity contribution in [3.05, 3.63) is 53.3 Å². The summed E-state index contributed by atoms with van der Waals surface area (Å²) in [6.45, 7) is 0.650. The Balaban J connectivity index is 1.68. The normalized spacial score (nSPS) is 10.9. The van der Waals surface area contributed by atoms with Gasteiger partial charge in [0.2, 0.25) is 0 Å². The molecule has 2 aromatic heterocycles. The van der Waals surface area contributed by atoms with Crippen molar-refractivity contribution < 1.29 is 0 Å². The van der Waals surface area contributed by atoms with E-state index in [9.17, 15) is 0 Å². The van der Waals surface area contributed by atoms with Gasteiger partial charge in [-0.2, -0.15) is 0 Å². The molecule has 21 heavy (non-hydrogen) atoms. The number of benzene rings is 1. The van der Waals surface area contributed by atoms with Crippen LogP contribution in [0.5, 0.6) is 0 Å². The van der Waals surface area contributed by atoms with Crippen LogP contribution in [0.4, 0.5) is 0 Å². The molecular formula is C15H15ClN4S. The minimum absolute atomic E-state index is 0.650. The molecule has 0 radical (unpaired) electrons. The lowest BCUT2D eigenvalue weighted by Crippen LogP contribution is -2.00. The third-order valence-corrected chi connectivity index (χ3v) is 4.26. The first kappa shape index (κ1) is 14.2. The van der Waals surface area contributed by atoms with Crippen LogP contribution in [0.2, 0.25) is 0 Å². The van der Waals surface area contributed by atoms with E-state index in [4.69, 9.17) is 11.6 Å². The van der Waals surface area contributed by atoms with Crippen molar-refractivity contribution in [2.45, 2.75) is 19.4 Å². The van der Waals surface area contributed by atoms with Gasteiger partial charge in [0.1, 0.15) is 5.01 Å². The highest BCUT2D eigenvalue weighted by Crippen LogP contribution is 2.23. The summed E-state index contributed by atoms with van der Waals surface area (Å²) in [7, 11) is 0. The van der Waals surface area contributed by atoms with Gasteiger partial charge < -0.3 is 0 Å². The maximum Gasteiger partial charge on any atom is 0.123 e. The fraction of sp³-hybridized carbons (Fsp3) is 0.267. The highest BCUT2D eigenvalue weighted by molar-refractivity contribution is 7.13. The second-order valence-electron chi connectivity index (χ2n) is 4.71. The molecule has 0 aliphatic rings. The largest absolute Gasteiger partial charge is 0.246 e. The molecule has 0 bridgehead atoms. The zero-order chi connectivity index (χ0) is 14.5. The Hall–Kier alpha value is -1.72. The molecule has 0 saturated heterocycles. The molecule has 3 aromatic rings. The highest BCUT2D eigenvalue weighted by atomic mass is 35.5. The maximum absolute atomic E-state index is 5.69. The van der Waals surface area contributed by atoms with Gasteiger partial charge in [-0.25, -0.2) is 9.67 Å². The van der Waals surface area contributed by atoms with E-state index in [0.717, 1.165) is 34.8 Å². The third kappa shape index (κ3) is 3.68. The molecule has 6 heteroatoms. The van der Waals surface area contributed by atoms with Crippen molar-refractivity contribution in [2.75, 3.05) is 5.88 Å². The van der Waals surface area contributed by atoms with Crippen LogP contribution in [0.1, 0.15) is 17.8 Å². The van der Waals surface area contributed by atoms with Gasteiger partial charge in [0.15, 0.2) is 0 Å². The average Bonchev–Trinajstić information content (AvgIpc) is 3.16. The van der Waals surface area contributed by atoms with Gasteiger partial charge in [-0.15, -0.1) is 28.0 Å². The SMILES string of the molecule is ClCCCc1cn(Cc2csc(-c3ccccc3)n2)nn1. The Morgan fingerprint density at radius 3 is 2.81 bits per heavy atom. The zero-order valence-corrected chi connectivity index (χ0v) is 13.0. The van der Waals surface area contributed by atoms with Gasteiger partial charge in [-0.1, -0.05) is 35.5 Å². The lowest BCUT2D eigenvalue weighted by atomic mass is 10.2.